The van der Waals surface area contributed by atoms with Crippen molar-refractivity contribution in [3.63, 3.8) is 0 Å². The van der Waals surface area contributed by atoms with Gasteiger partial charge in [-0.15, -0.1) is 0 Å². The largest absolute Gasteiger partial charge is 0.264 e. The van der Waals surface area contributed by atoms with Crippen molar-refractivity contribution in [2.45, 2.75) is 0 Å². The highest BCUT2D eigenvalue weighted by Crippen LogP contribution is 2.26. The van der Waals surface area contributed by atoms with Crippen LogP contribution in [0.15, 0.2) is 54.6 Å². The summed E-state index contributed by atoms with van der Waals surface area (Å²) < 4.78 is 2.10. The second-order valence-electron chi connectivity index (χ2n) is 3.57. The van der Waals surface area contributed by atoms with Crippen molar-refractivity contribution in [1.29, 1.82) is 0 Å². The smallest absolute Gasteiger partial charge is 0.150 e. The van der Waals surface area contributed by atoms with Crippen molar-refractivity contribution in [1.82, 2.24) is 7.76 Å². The number of fused-ring (bicyclic) bond motifs is 1. The molecule has 0 saturated heterocycles. The Morgan fingerprint density at radius 2 is 1.56 bits per heavy atom. The first-order valence-electron chi connectivity index (χ1n) is 5.05. The third-order valence-corrected chi connectivity index (χ3v) is 3.51. The average molecular weight is 320 g/mol. The van der Waals surface area contributed by atoms with Gasteiger partial charge in [-0.1, -0.05) is 42.5 Å². The summed E-state index contributed by atoms with van der Waals surface area (Å²) in [5.41, 5.74) is 3.34. The molecule has 0 atom stereocenters. The first-order valence-corrected chi connectivity index (χ1v) is 6.02. The van der Waals surface area contributed by atoms with Gasteiger partial charge in [0.25, 0.3) is 0 Å². The Kier molecular flexibility index (Phi) is 2.40. The zero-order chi connectivity index (χ0) is 11.0. The van der Waals surface area contributed by atoms with Gasteiger partial charge in [0.05, 0.1) is 33.9 Å². The van der Waals surface area contributed by atoms with E-state index in [9.17, 15) is 0 Å². The van der Waals surface area contributed by atoms with Gasteiger partial charge in [-0.3, -0.25) is 2.78 Å². The molecule has 0 aliphatic heterocycles. The van der Waals surface area contributed by atoms with Crippen LogP contribution in [0.1, 0.15) is 0 Å². The van der Waals surface area contributed by atoms with Gasteiger partial charge in [0.1, 0.15) is 5.82 Å². The summed E-state index contributed by atoms with van der Waals surface area (Å²) in [5.74, 6) is 1.00. The number of nitrogens with zero attached hydrogens (tertiary/aromatic N) is 2. The van der Waals surface area contributed by atoms with Gasteiger partial charge >= 0.3 is 0 Å². The van der Waals surface area contributed by atoms with E-state index in [0.29, 0.717) is 0 Å². The van der Waals surface area contributed by atoms with Gasteiger partial charge in [-0.2, -0.15) is 0 Å². The molecule has 1 aromatic heterocycles. The van der Waals surface area contributed by atoms with Crippen LogP contribution in [-0.2, 0) is 0 Å². The molecule has 0 spiro atoms. The van der Waals surface area contributed by atoms with Gasteiger partial charge in [0, 0.05) is 5.56 Å². The standard InChI is InChI=1S/C13H9IN2/c14-16-12-9-5-4-8-11(12)15-13(16)10-6-2-1-3-7-10/h1-9H. The highest BCUT2D eigenvalue weighted by molar-refractivity contribution is 14.1. The third kappa shape index (κ3) is 1.51. The number of imidazole rings is 1. The van der Waals surface area contributed by atoms with Crippen LogP contribution in [0.4, 0.5) is 0 Å². The van der Waals surface area contributed by atoms with Crippen LogP contribution in [0.25, 0.3) is 22.4 Å². The fourth-order valence-corrected chi connectivity index (χ4v) is 2.56. The van der Waals surface area contributed by atoms with Crippen LogP contribution in [0.5, 0.6) is 0 Å². The third-order valence-electron chi connectivity index (χ3n) is 2.54. The van der Waals surface area contributed by atoms with Crippen LogP contribution in [0.2, 0.25) is 0 Å². The number of para-hydroxylation sites is 2. The number of aromatic nitrogens is 2. The lowest BCUT2D eigenvalue weighted by Gasteiger charge is -1.99. The molecule has 3 aromatic rings. The topological polar surface area (TPSA) is 17.8 Å². The second-order valence-corrected chi connectivity index (χ2v) is 4.54. The van der Waals surface area contributed by atoms with Crippen molar-refractivity contribution in [3.8, 4) is 11.4 Å². The first kappa shape index (κ1) is 9.84. The highest BCUT2D eigenvalue weighted by atomic mass is 127. The molecule has 16 heavy (non-hydrogen) atoms. The molecule has 0 fully saturated rings. The molecule has 0 saturated carbocycles. The van der Waals surface area contributed by atoms with Gasteiger partial charge in [0.15, 0.2) is 0 Å². The number of hydrogen-bond donors (Lipinski definition) is 0. The minimum atomic E-state index is 1.00. The molecule has 3 rings (SSSR count). The maximum absolute atomic E-state index is 4.64. The van der Waals surface area contributed by atoms with E-state index < -0.39 is 0 Å². The lowest BCUT2D eigenvalue weighted by Crippen LogP contribution is -1.84. The summed E-state index contributed by atoms with van der Waals surface area (Å²) >= 11 is 2.29. The predicted octanol–water partition coefficient (Wildman–Crippen LogP) is 3.90. The molecule has 0 N–H and O–H groups in total. The summed E-state index contributed by atoms with van der Waals surface area (Å²) in [5, 5.41) is 0. The normalized spacial score (nSPS) is 10.8. The summed E-state index contributed by atoms with van der Waals surface area (Å²) in [6.07, 6.45) is 0. The Balaban J connectivity index is 2.29. The molecular weight excluding hydrogens is 311 g/mol. The summed E-state index contributed by atoms with van der Waals surface area (Å²) in [6, 6.07) is 18.4. The van der Waals surface area contributed by atoms with E-state index in [2.05, 4.69) is 48.8 Å². The molecule has 0 unspecified atom stereocenters. The molecule has 0 amide bonds. The monoisotopic (exact) mass is 320 g/mol. The van der Waals surface area contributed by atoms with Gasteiger partial charge in [-0.05, 0) is 12.1 Å². The van der Waals surface area contributed by atoms with Crippen molar-refractivity contribution in [3.05, 3.63) is 54.6 Å². The van der Waals surface area contributed by atoms with Crippen LogP contribution in [0, 0.1) is 0 Å². The summed E-state index contributed by atoms with van der Waals surface area (Å²) in [7, 11) is 0. The highest BCUT2D eigenvalue weighted by Gasteiger charge is 2.09. The predicted molar refractivity (Wildman–Crippen MR) is 74.6 cm³/mol. The Morgan fingerprint density at radius 1 is 0.875 bits per heavy atom. The number of benzene rings is 2. The first-order chi connectivity index (χ1) is 7.86. The van der Waals surface area contributed by atoms with Crippen LogP contribution >= 0.6 is 22.9 Å². The Bertz CT molecular complexity index is 629. The molecule has 78 valence electrons. The fourth-order valence-electron chi connectivity index (χ4n) is 1.76. The lowest BCUT2D eigenvalue weighted by atomic mass is 10.2. The van der Waals surface area contributed by atoms with Crippen LogP contribution in [0.3, 0.4) is 0 Å². The molecular formula is C13H9IN2. The molecule has 0 radical (unpaired) electrons. The number of hydrogen-bond acceptors (Lipinski definition) is 1. The van der Waals surface area contributed by atoms with Crippen molar-refractivity contribution in [2.75, 3.05) is 0 Å². The average Bonchev–Trinajstić information content (AvgIpc) is 2.69. The van der Waals surface area contributed by atoms with E-state index in [-0.39, 0.29) is 0 Å². The maximum atomic E-state index is 4.64. The van der Waals surface area contributed by atoms with Crippen LogP contribution in [-0.4, -0.2) is 7.76 Å². The zero-order valence-corrected chi connectivity index (χ0v) is 10.6. The molecule has 3 heteroatoms. The van der Waals surface area contributed by atoms with Gasteiger partial charge < -0.3 is 0 Å². The van der Waals surface area contributed by atoms with E-state index in [1.54, 1.807) is 0 Å². The molecule has 0 aliphatic carbocycles. The van der Waals surface area contributed by atoms with Crippen LogP contribution < -0.4 is 0 Å². The van der Waals surface area contributed by atoms with Gasteiger partial charge in [0.2, 0.25) is 0 Å². The molecule has 2 nitrogen and oxygen atoms in total. The zero-order valence-electron chi connectivity index (χ0n) is 8.47. The van der Waals surface area contributed by atoms with Crippen molar-refractivity contribution in [2.24, 2.45) is 0 Å². The van der Waals surface area contributed by atoms with E-state index in [4.69, 9.17) is 0 Å². The van der Waals surface area contributed by atoms with E-state index >= 15 is 0 Å². The minimum absolute atomic E-state index is 1.00. The quantitative estimate of drug-likeness (QED) is 0.622. The Hall–Kier alpha value is -1.36. The summed E-state index contributed by atoms with van der Waals surface area (Å²) in [4.78, 5) is 4.64. The molecule has 0 bridgehead atoms. The van der Waals surface area contributed by atoms with Gasteiger partial charge in [-0.25, -0.2) is 4.98 Å². The fraction of sp³-hybridized carbons (Fsp3) is 0. The van der Waals surface area contributed by atoms with E-state index in [0.717, 1.165) is 22.4 Å². The lowest BCUT2D eigenvalue weighted by molar-refractivity contribution is 1.31. The molecule has 2 aromatic carbocycles. The molecule has 1 heterocycles. The summed E-state index contributed by atoms with van der Waals surface area (Å²) in [6.45, 7) is 0. The number of halogens is 1. The second kappa shape index (κ2) is 3.90. The Labute approximate surface area is 107 Å². The minimum Gasteiger partial charge on any atom is -0.264 e. The van der Waals surface area contributed by atoms with Crippen molar-refractivity contribution < 1.29 is 0 Å². The van der Waals surface area contributed by atoms with Crippen molar-refractivity contribution >= 4 is 33.9 Å². The maximum Gasteiger partial charge on any atom is 0.150 e. The molecule has 0 aliphatic rings. The van der Waals surface area contributed by atoms with E-state index in [1.165, 1.54) is 0 Å². The SMILES string of the molecule is In1c(-c2ccccc2)nc2ccccc21. The number of rotatable bonds is 1. The van der Waals surface area contributed by atoms with E-state index in [1.807, 2.05) is 36.4 Å². The Morgan fingerprint density at radius 3 is 2.31 bits per heavy atom.